The van der Waals surface area contributed by atoms with Gasteiger partial charge in [-0.25, -0.2) is 8.42 Å². The number of nitrogens with one attached hydrogen (secondary N) is 2. The van der Waals surface area contributed by atoms with Gasteiger partial charge in [0.15, 0.2) is 15.0 Å². The Morgan fingerprint density at radius 3 is 2.63 bits per heavy atom. The van der Waals surface area contributed by atoms with Gasteiger partial charge in [0, 0.05) is 23.0 Å². The highest BCUT2D eigenvalue weighted by molar-refractivity contribution is 8.15. The molecule has 158 valence electrons. The first-order valence-electron chi connectivity index (χ1n) is 9.95. The molecule has 0 radical (unpaired) electrons. The summed E-state index contributed by atoms with van der Waals surface area (Å²) in [6, 6.07) is 13.7. The molecule has 4 rings (SSSR count). The van der Waals surface area contributed by atoms with E-state index in [4.69, 9.17) is 0 Å². The molecule has 2 N–H and O–H groups in total. The third-order valence-electron chi connectivity index (χ3n) is 5.38. The van der Waals surface area contributed by atoms with Crippen LogP contribution in [0, 0.1) is 13.8 Å². The molecule has 2 heterocycles. The molecule has 2 aliphatic rings. The van der Waals surface area contributed by atoms with E-state index in [-0.39, 0.29) is 28.7 Å². The number of aryl methyl sites for hydroxylation is 2. The van der Waals surface area contributed by atoms with E-state index in [1.807, 2.05) is 25.1 Å². The third kappa shape index (κ3) is 4.87. The second-order valence-electron chi connectivity index (χ2n) is 7.88. The fourth-order valence-corrected chi connectivity index (χ4v) is 7.27. The molecule has 0 bridgehead atoms. The highest BCUT2D eigenvalue weighted by atomic mass is 32.2. The summed E-state index contributed by atoms with van der Waals surface area (Å²) >= 11 is 1.47. The van der Waals surface area contributed by atoms with Crippen LogP contribution in [0.3, 0.4) is 0 Å². The van der Waals surface area contributed by atoms with Gasteiger partial charge >= 0.3 is 0 Å². The number of hydrogen-bond acceptors (Lipinski definition) is 6. The maximum absolute atomic E-state index is 12.6. The first-order chi connectivity index (χ1) is 14.3. The number of nitrogens with zero attached hydrogens (tertiary/aromatic N) is 1. The second-order valence-corrected chi connectivity index (χ2v) is 11.3. The fraction of sp³-hybridized carbons (Fsp3) is 0.364. The highest BCUT2D eigenvalue weighted by Crippen LogP contribution is 2.35. The SMILES string of the molecule is Cc1ccc(CCNC(=O)c2ccc(C)c(NC3=N[C@H]4CS(=O)(=O)C[C@@H]4S3)c2)cc1. The van der Waals surface area contributed by atoms with Crippen molar-refractivity contribution in [3.05, 3.63) is 64.7 Å². The van der Waals surface area contributed by atoms with E-state index in [0.29, 0.717) is 12.1 Å². The van der Waals surface area contributed by atoms with E-state index in [1.54, 1.807) is 0 Å². The van der Waals surface area contributed by atoms with Crippen molar-refractivity contribution in [2.24, 2.45) is 4.99 Å². The Kier molecular flexibility index (Phi) is 5.88. The number of sulfone groups is 1. The number of amidine groups is 1. The molecule has 0 aliphatic carbocycles. The van der Waals surface area contributed by atoms with Crippen molar-refractivity contribution in [1.29, 1.82) is 0 Å². The Hall–Kier alpha value is -2.32. The molecular weight excluding hydrogens is 418 g/mol. The van der Waals surface area contributed by atoms with E-state index in [2.05, 4.69) is 46.8 Å². The molecule has 2 aliphatic heterocycles. The summed E-state index contributed by atoms with van der Waals surface area (Å²) < 4.78 is 23.5. The standard InChI is InChI=1S/C22H25N3O3S2/c1-14-3-6-16(7-4-14)9-10-23-21(26)17-8-5-15(2)18(11-17)24-22-25-19-12-30(27,28)13-20(19)29-22/h3-8,11,19-20H,9-10,12-13H2,1-2H3,(H,23,26)(H,24,25)/t19-,20-/m0/s1. The van der Waals surface area contributed by atoms with E-state index >= 15 is 0 Å². The predicted octanol–water partition coefficient (Wildman–Crippen LogP) is 2.96. The van der Waals surface area contributed by atoms with E-state index in [0.717, 1.165) is 22.8 Å². The van der Waals surface area contributed by atoms with Crippen molar-refractivity contribution in [2.75, 3.05) is 23.4 Å². The van der Waals surface area contributed by atoms with Crippen LogP contribution in [0.5, 0.6) is 0 Å². The number of carbonyl (C=O) groups is 1. The summed E-state index contributed by atoms with van der Waals surface area (Å²) in [7, 11) is -2.97. The molecule has 2 atom stereocenters. The topological polar surface area (TPSA) is 87.6 Å². The lowest BCUT2D eigenvalue weighted by Gasteiger charge is -2.12. The summed E-state index contributed by atoms with van der Waals surface area (Å²) in [5.41, 5.74) is 4.81. The van der Waals surface area contributed by atoms with Crippen LogP contribution in [0.2, 0.25) is 0 Å². The highest BCUT2D eigenvalue weighted by Gasteiger charge is 2.42. The van der Waals surface area contributed by atoms with Crippen LogP contribution < -0.4 is 10.6 Å². The zero-order chi connectivity index (χ0) is 21.3. The molecule has 2 aromatic carbocycles. The molecule has 0 unspecified atom stereocenters. The van der Waals surface area contributed by atoms with Crippen LogP contribution in [-0.4, -0.2) is 48.8 Å². The van der Waals surface area contributed by atoms with Crippen molar-refractivity contribution in [3.8, 4) is 0 Å². The first-order valence-corrected chi connectivity index (χ1v) is 12.7. The molecule has 2 aromatic rings. The Morgan fingerprint density at radius 2 is 1.90 bits per heavy atom. The van der Waals surface area contributed by atoms with Gasteiger partial charge < -0.3 is 10.6 Å². The number of benzene rings is 2. The van der Waals surface area contributed by atoms with Crippen LogP contribution in [0.25, 0.3) is 0 Å². The van der Waals surface area contributed by atoms with Crippen LogP contribution in [0.4, 0.5) is 5.69 Å². The molecule has 1 amide bonds. The third-order valence-corrected chi connectivity index (χ3v) is 8.52. The first kappa shape index (κ1) is 20.9. The molecular formula is C22H25N3O3S2. The minimum Gasteiger partial charge on any atom is -0.352 e. The van der Waals surface area contributed by atoms with Gasteiger partial charge in [0.2, 0.25) is 0 Å². The van der Waals surface area contributed by atoms with Gasteiger partial charge in [-0.05, 0) is 43.5 Å². The smallest absolute Gasteiger partial charge is 0.251 e. The van der Waals surface area contributed by atoms with Gasteiger partial charge in [0.05, 0.1) is 17.5 Å². The van der Waals surface area contributed by atoms with Gasteiger partial charge in [-0.2, -0.15) is 0 Å². The Labute approximate surface area is 181 Å². The zero-order valence-corrected chi connectivity index (χ0v) is 18.6. The fourth-order valence-electron chi connectivity index (χ4n) is 3.61. The van der Waals surface area contributed by atoms with Gasteiger partial charge in [0.1, 0.15) is 0 Å². The Bertz CT molecular complexity index is 1100. The number of thioether (sulfide) groups is 1. The van der Waals surface area contributed by atoms with Crippen LogP contribution in [0.15, 0.2) is 47.5 Å². The number of rotatable bonds is 5. The lowest BCUT2D eigenvalue weighted by molar-refractivity contribution is 0.0954. The van der Waals surface area contributed by atoms with Gasteiger partial charge in [0.25, 0.3) is 5.91 Å². The van der Waals surface area contributed by atoms with Gasteiger partial charge in [-0.15, -0.1) is 0 Å². The maximum atomic E-state index is 12.6. The minimum atomic E-state index is -2.97. The average Bonchev–Trinajstić information content (AvgIpc) is 3.17. The molecule has 8 heteroatoms. The molecule has 30 heavy (non-hydrogen) atoms. The van der Waals surface area contributed by atoms with E-state index in [1.165, 1.54) is 22.9 Å². The van der Waals surface area contributed by atoms with E-state index < -0.39 is 9.84 Å². The number of aliphatic imine (C=N–C) groups is 1. The number of carbonyl (C=O) groups excluding carboxylic acids is 1. The van der Waals surface area contributed by atoms with Crippen LogP contribution in [-0.2, 0) is 16.3 Å². The quantitative estimate of drug-likeness (QED) is 0.742. The number of fused-ring (bicyclic) bond motifs is 1. The molecule has 1 saturated heterocycles. The number of hydrogen-bond donors (Lipinski definition) is 2. The normalized spacial score (nSPS) is 21.7. The molecule has 0 aromatic heterocycles. The van der Waals surface area contributed by atoms with Crippen LogP contribution in [0.1, 0.15) is 27.0 Å². The Morgan fingerprint density at radius 1 is 1.13 bits per heavy atom. The monoisotopic (exact) mass is 443 g/mol. The van der Waals surface area contributed by atoms with Gasteiger partial charge in [-0.1, -0.05) is 47.7 Å². The molecule has 1 fully saturated rings. The summed E-state index contributed by atoms with van der Waals surface area (Å²) in [5, 5.41) is 6.97. The molecule has 0 spiro atoms. The predicted molar refractivity (Wildman–Crippen MR) is 123 cm³/mol. The lowest BCUT2D eigenvalue weighted by atomic mass is 10.1. The molecule has 6 nitrogen and oxygen atoms in total. The van der Waals surface area contributed by atoms with Crippen LogP contribution >= 0.6 is 11.8 Å². The summed E-state index contributed by atoms with van der Waals surface area (Å²) in [6.45, 7) is 4.59. The minimum absolute atomic E-state index is 0.00828. The summed E-state index contributed by atoms with van der Waals surface area (Å²) in [6.07, 6.45) is 0.780. The van der Waals surface area contributed by atoms with Crippen molar-refractivity contribution in [1.82, 2.24) is 5.32 Å². The zero-order valence-electron chi connectivity index (χ0n) is 17.0. The second kappa shape index (κ2) is 8.43. The van der Waals surface area contributed by atoms with Crippen molar-refractivity contribution >= 4 is 38.4 Å². The van der Waals surface area contributed by atoms with E-state index in [9.17, 15) is 13.2 Å². The van der Waals surface area contributed by atoms with Crippen molar-refractivity contribution < 1.29 is 13.2 Å². The van der Waals surface area contributed by atoms with Crippen molar-refractivity contribution in [2.45, 2.75) is 31.6 Å². The number of amides is 1. The summed E-state index contributed by atoms with van der Waals surface area (Å²) in [5.74, 6) is 0.187. The van der Waals surface area contributed by atoms with Crippen molar-refractivity contribution in [3.63, 3.8) is 0 Å². The lowest BCUT2D eigenvalue weighted by Crippen LogP contribution is -2.25. The number of anilines is 1. The average molecular weight is 444 g/mol. The Balaban J connectivity index is 1.37. The maximum Gasteiger partial charge on any atom is 0.251 e. The molecule has 0 saturated carbocycles. The largest absolute Gasteiger partial charge is 0.352 e. The van der Waals surface area contributed by atoms with Gasteiger partial charge in [-0.3, -0.25) is 9.79 Å². The summed E-state index contributed by atoms with van der Waals surface area (Å²) in [4.78, 5) is 17.1.